The SMILES string of the molecule is O=C1Nc2ccccc2NCC12CCCCC2. The molecule has 1 aromatic carbocycles. The highest BCUT2D eigenvalue weighted by Crippen LogP contribution is 2.40. The number of rotatable bonds is 0. The molecule has 1 amide bonds. The first-order valence-corrected chi connectivity index (χ1v) is 6.45. The lowest BCUT2D eigenvalue weighted by molar-refractivity contribution is -0.126. The fourth-order valence-electron chi connectivity index (χ4n) is 2.98. The maximum atomic E-state index is 12.4. The summed E-state index contributed by atoms with van der Waals surface area (Å²) in [6.07, 6.45) is 5.64. The Morgan fingerprint density at radius 2 is 1.71 bits per heavy atom. The minimum Gasteiger partial charge on any atom is -0.382 e. The second kappa shape index (κ2) is 4.06. The number of hydrogen-bond acceptors (Lipinski definition) is 2. The van der Waals surface area contributed by atoms with E-state index >= 15 is 0 Å². The highest BCUT2D eigenvalue weighted by atomic mass is 16.2. The Morgan fingerprint density at radius 3 is 2.47 bits per heavy atom. The highest BCUT2D eigenvalue weighted by molar-refractivity contribution is 5.99. The van der Waals surface area contributed by atoms with Gasteiger partial charge in [0, 0.05) is 6.54 Å². The van der Waals surface area contributed by atoms with Gasteiger partial charge < -0.3 is 10.6 Å². The van der Waals surface area contributed by atoms with Gasteiger partial charge in [0.1, 0.15) is 0 Å². The van der Waals surface area contributed by atoms with Crippen LogP contribution in [-0.4, -0.2) is 12.5 Å². The van der Waals surface area contributed by atoms with Gasteiger partial charge in [-0.1, -0.05) is 31.4 Å². The van der Waals surface area contributed by atoms with Crippen molar-refractivity contribution in [3.8, 4) is 0 Å². The zero-order valence-corrected chi connectivity index (χ0v) is 9.96. The van der Waals surface area contributed by atoms with Crippen molar-refractivity contribution in [3.63, 3.8) is 0 Å². The number of benzene rings is 1. The number of carbonyl (C=O) groups is 1. The Morgan fingerprint density at radius 1 is 1.00 bits per heavy atom. The molecule has 0 radical (unpaired) electrons. The quantitative estimate of drug-likeness (QED) is 0.719. The van der Waals surface area contributed by atoms with Crippen LogP contribution in [0.15, 0.2) is 24.3 Å². The lowest BCUT2D eigenvalue weighted by atomic mass is 9.73. The normalized spacial score (nSPS) is 22.2. The van der Waals surface area contributed by atoms with Crippen LogP contribution in [0.25, 0.3) is 0 Å². The molecule has 1 aromatic rings. The average Bonchev–Trinajstić information content (AvgIpc) is 2.50. The van der Waals surface area contributed by atoms with Crippen molar-refractivity contribution in [1.82, 2.24) is 0 Å². The van der Waals surface area contributed by atoms with Crippen LogP contribution in [0.3, 0.4) is 0 Å². The van der Waals surface area contributed by atoms with Gasteiger partial charge in [-0.05, 0) is 25.0 Å². The number of fused-ring (bicyclic) bond motifs is 1. The summed E-state index contributed by atoms with van der Waals surface area (Å²) in [5.74, 6) is 0.203. The Labute approximate surface area is 102 Å². The summed E-state index contributed by atoms with van der Waals surface area (Å²) in [5.41, 5.74) is 1.78. The number of para-hydroxylation sites is 2. The predicted molar refractivity (Wildman–Crippen MR) is 69.1 cm³/mol. The molecular formula is C14H18N2O. The Kier molecular flexibility index (Phi) is 2.54. The van der Waals surface area contributed by atoms with Crippen molar-refractivity contribution < 1.29 is 4.79 Å². The third kappa shape index (κ3) is 1.79. The molecule has 2 N–H and O–H groups in total. The molecule has 17 heavy (non-hydrogen) atoms. The Balaban J connectivity index is 1.91. The smallest absolute Gasteiger partial charge is 0.232 e. The molecule has 90 valence electrons. The summed E-state index contributed by atoms with van der Waals surface area (Å²) in [6, 6.07) is 7.94. The summed E-state index contributed by atoms with van der Waals surface area (Å²) in [6.45, 7) is 0.774. The molecular weight excluding hydrogens is 212 g/mol. The van der Waals surface area contributed by atoms with Crippen molar-refractivity contribution in [1.29, 1.82) is 0 Å². The third-order valence-corrected chi connectivity index (χ3v) is 4.08. The van der Waals surface area contributed by atoms with Crippen LogP contribution in [0.4, 0.5) is 11.4 Å². The zero-order valence-electron chi connectivity index (χ0n) is 9.96. The number of amides is 1. The lowest BCUT2D eigenvalue weighted by Crippen LogP contribution is -2.41. The van der Waals surface area contributed by atoms with Gasteiger partial charge in [-0.25, -0.2) is 0 Å². The standard InChI is InChI=1S/C14H18N2O/c17-13-14(8-4-1-5-9-14)10-15-11-6-2-3-7-12(11)16-13/h2-3,6-7,15H,1,4-5,8-10H2,(H,16,17). The average molecular weight is 230 g/mol. The van der Waals surface area contributed by atoms with Crippen LogP contribution < -0.4 is 10.6 Å². The van der Waals surface area contributed by atoms with Gasteiger partial charge in [-0.2, -0.15) is 0 Å². The molecule has 0 atom stereocenters. The number of carbonyl (C=O) groups excluding carboxylic acids is 1. The maximum Gasteiger partial charge on any atom is 0.232 e. The van der Waals surface area contributed by atoms with Gasteiger partial charge in [0.05, 0.1) is 16.8 Å². The molecule has 3 nitrogen and oxygen atoms in total. The molecule has 1 saturated carbocycles. The molecule has 1 aliphatic heterocycles. The first kappa shape index (κ1) is 10.6. The van der Waals surface area contributed by atoms with Crippen molar-refractivity contribution in [3.05, 3.63) is 24.3 Å². The van der Waals surface area contributed by atoms with Crippen LogP contribution in [0, 0.1) is 5.41 Å². The van der Waals surface area contributed by atoms with E-state index in [-0.39, 0.29) is 11.3 Å². The topological polar surface area (TPSA) is 41.1 Å². The van der Waals surface area contributed by atoms with Gasteiger partial charge in [0.2, 0.25) is 5.91 Å². The number of nitrogens with one attached hydrogen (secondary N) is 2. The van der Waals surface area contributed by atoms with Gasteiger partial charge >= 0.3 is 0 Å². The molecule has 3 rings (SSSR count). The molecule has 1 aliphatic carbocycles. The summed E-state index contributed by atoms with van der Waals surface area (Å²) in [5, 5.41) is 6.51. The van der Waals surface area contributed by atoms with Gasteiger partial charge in [-0.15, -0.1) is 0 Å². The van der Waals surface area contributed by atoms with Crippen LogP contribution in [0.5, 0.6) is 0 Å². The molecule has 1 heterocycles. The van der Waals surface area contributed by atoms with Crippen LogP contribution in [-0.2, 0) is 4.79 Å². The summed E-state index contributed by atoms with van der Waals surface area (Å²) in [4.78, 5) is 12.4. The third-order valence-electron chi connectivity index (χ3n) is 4.08. The van der Waals surface area contributed by atoms with Crippen molar-refractivity contribution in [2.24, 2.45) is 5.41 Å². The second-order valence-electron chi connectivity index (χ2n) is 5.19. The van der Waals surface area contributed by atoms with E-state index in [9.17, 15) is 4.79 Å². The van der Waals surface area contributed by atoms with E-state index in [0.717, 1.165) is 30.8 Å². The van der Waals surface area contributed by atoms with E-state index in [0.29, 0.717) is 0 Å². The number of hydrogen-bond donors (Lipinski definition) is 2. The minimum atomic E-state index is -0.183. The van der Waals surface area contributed by atoms with Gasteiger partial charge in [-0.3, -0.25) is 4.79 Å². The van der Waals surface area contributed by atoms with E-state index < -0.39 is 0 Å². The van der Waals surface area contributed by atoms with Crippen molar-refractivity contribution in [2.75, 3.05) is 17.2 Å². The summed E-state index contributed by atoms with van der Waals surface area (Å²) < 4.78 is 0. The molecule has 2 aliphatic rings. The van der Waals surface area contributed by atoms with Gasteiger partial charge in [0.25, 0.3) is 0 Å². The lowest BCUT2D eigenvalue weighted by Gasteiger charge is -2.34. The maximum absolute atomic E-state index is 12.4. The first-order chi connectivity index (χ1) is 8.30. The Bertz CT molecular complexity index is 436. The van der Waals surface area contributed by atoms with Gasteiger partial charge in [0.15, 0.2) is 0 Å². The van der Waals surface area contributed by atoms with E-state index in [4.69, 9.17) is 0 Å². The molecule has 0 unspecified atom stereocenters. The van der Waals surface area contributed by atoms with Crippen LogP contribution in [0.1, 0.15) is 32.1 Å². The van der Waals surface area contributed by atoms with E-state index in [1.165, 1.54) is 19.3 Å². The molecule has 1 spiro atoms. The first-order valence-electron chi connectivity index (χ1n) is 6.45. The van der Waals surface area contributed by atoms with E-state index in [2.05, 4.69) is 10.6 Å². The van der Waals surface area contributed by atoms with Crippen LogP contribution >= 0.6 is 0 Å². The van der Waals surface area contributed by atoms with Crippen molar-refractivity contribution >= 4 is 17.3 Å². The fraction of sp³-hybridized carbons (Fsp3) is 0.500. The zero-order chi connectivity index (χ0) is 11.7. The van der Waals surface area contributed by atoms with E-state index in [1.54, 1.807) is 0 Å². The van der Waals surface area contributed by atoms with Crippen molar-refractivity contribution in [2.45, 2.75) is 32.1 Å². The summed E-state index contributed by atoms with van der Waals surface area (Å²) in [7, 11) is 0. The highest BCUT2D eigenvalue weighted by Gasteiger charge is 2.40. The largest absolute Gasteiger partial charge is 0.382 e. The molecule has 3 heteroatoms. The second-order valence-corrected chi connectivity index (χ2v) is 5.19. The monoisotopic (exact) mass is 230 g/mol. The minimum absolute atomic E-state index is 0.183. The van der Waals surface area contributed by atoms with E-state index in [1.807, 2.05) is 24.3 Å². The molecule has 1 fully saturated rings. The number of anilines is 2. The Hall–Kier alpha value is -1.51. The molecule has 0 saturated heterocycles. The molecule has 0 aromatic heterocycles. The molecule has 0 bridgehead atoms. The summed E-state index contributed by atoms with van der Waals surface area (Å²) >= 11 is 0. The predicted octanol–water partition coefficient (Wildman–Crippen LogP) is 3.00. The fourth-order valence-corrected chi connectivity index (χ4v) is 2.98. The van der Waals surface area contributed by atoms with Crippen LogP contribution in [0.2, 0.25) is 0 Å².